The number of aryl methyl sites for hydroxylation is 1. The summed E-state index contributed by atoms with van der Waals surface area (Å²) in [6.45, 7) is 28.5. The number of nitrogens with one attached hydrogen (secondary N) is 1. The van der Waals surface area contributed by atoms with Crippen molar-refractivity contribution in [1.82, 2.24) is 4.57 Å². The smallest absolute Gasteiger partial charge is 0.198 e. The zero-order valence-electron chi connectivity index (χ0n) is 42.9. The van der Waals surface area contributed by atoms with Crippen LogP contribution in [0.2, 0.25) is 0 Å². The van der Waals surface area contributed by atoms with E-state index < -0.39 is 0 Å². The molecule has 13 rings (SSSR count). The van der Waals surface area contributed by atoms with Crippen molar-refractivity contribution in [3.05, 3.63) is 185 Å². The summed E-state index contributed by atoms with van der Waals surface area (Å²) in [6, 6.07) is 53.8. The van der Waals surface area contributed by atoms with Gasteiger partial charge in [-0.3, -0.25) is 0 Å². The van der Waals surface area contributed by atoms with Crippen molar-refractivity contribution in [2.75, 3.05) is 5.32 Å². The van der Waals surface area contributed by atoms with Gasteiger partial charge in [0.1, 0.15) is 0 Å². The number of hydrogen-bond acceptors (Lipinski definition) is 3. The van der Waals surface area contributed by atoms with Gasteiger partial charge in [-0.25, -0.2) is 0 Å². The van der Waals surface area contributed by atoms with Crippen molar-refractivity contribution in [2.24, 2.45) is 0 Å². The molecule has 0 fully saturated rings. The minimum Gasteiger partial charge on any atom is -0.355 e. The summed E-state index contributed by atoms with van der Waals surface area (Å²) < 4.78 is 5.28. The maximum atomic E-state index is 4.57. The first-order valence-corrected chi connectivity index (χ1v) is 27.2. The Morgan fingerprint density at radius 1 is 0.634 bits per heavy atom. The summed E-state index contributed by atoms with van der Waals surface area (Å²) in [5.41, 5.74) is 23.9. The number of thiophene rings is 1. The van der Waals surface area contributed by atoms with E-state index >= 15 is 0 Å². The molecule has 2 nitrogen and oxygen atoms in total. The number of hydrogen-bond donors (Lipinski definition) is 1. The van der Waals surface area contributed by atoms with E-state index in [1.54, 1.807) is 11.8 Å². The average molecular weight is 957 g/mol. The second-order valence-electron chi connectivity index (χ2n) is 23.8. The van der Waals surface area contributed by atoms with Crippen molar-refractivity contribution in [3.8, 4) is 27.9 Å². The molecule has 0 saturated heterocycles. The van der Waals surface area contributed by atoms with Gasteiger partial charge in [0.2, 0.25) is 0 Å². The van der Waals surface area contributed by atoms with Crippen LogP contribution in [0, 0.1) is 6.92 Å². The van der Waals surface area contributed by atoms with Crippen molar-refractivity contribution in [2.45, 2.75) is 109 Å². The summed E-state index contributed by atoms with van der Waals surface area (Å²) in [6.07, 6.45) is 2.40. The first-order chi connectivity index (χ1) is 33.9. The van der Waals surface area contributed by atoms with Gasteiger partial charge >= 0.3 is 0 Å². The molecule has 0 atom stereocenters. The maximum Gasteiger partial charge on any atom is 0.198 e. The minimum atomic E-state index is -0.178. The van der Waals surface area contributed by atoms with Crippen LogP contribution in [0.4, 0.5) is 11.4 Å². The zero-order chi connectivity index (χ0) is 49.1. The SMILES string of the molecule is C=C(Sc1cc2c(cc1C)Bc1c(-c3cc4c(cc3Nc3ccc(C(C)(C)C)cc3)C(C)(C)c3cc5c(cc3-4)C(C)(C)CCC5(C)C)ccc3c4cc5c(cc4n-2c13)sc1ccccc15)c1ccccc1. The lowest BCUT2D eigenvalue weighted by molar-refractivity contribution is 0.331. The number of fused-ring (bicyclic) bond motifs is 12. The van der Waals surface area contributed by atoms with E-state index in [0.717, 1.165) is 29.1 Å². The van der Waals surface area contributed by atoms with Gasteiger partial charge in [0.05, 0.1) is 5.52 Å². The lowest BCUT2D eigenvalue weighted by Crippen LogP contribution is -2.37. The Morgan fingerprint density at radius 2 is 1.32 bits per heavy atom. The van der Waals surface area contributed by atoms with Gasteiger partial charge in [-0.15, -0.1) is 11.3 Å². The standard InChI is InChI=1S/C66H61BN2S2/c1-37-29-54-57(36-59(37)70-38(2)39-17-13-12-14-18-39)69-56-35-60-49(42-19-15-16-20-58(42)71-60)31-48(56)44-26-25-43(61(67-54)62(44)69)47-30-45-46-32-52-53(65(8,9)28-27-64(52,6)7)33-50(46)66(10,11)51(45)34-55(47)68-41-23-21-40(22-24-41)63(3,4)5/h12-26,29-36,67-68H,2,27-28H2,1,3-11H3. The van der Waals surface area contributed by atoms with Gasteiger partial charge in [0.15, 0.2) is 7.28 Å². The number of aromatic nitrogens is 1. The third-order valence-electron chi connectivity index (χ3n) is 17.0. The number of benzene rings is 8. The number of thioether (sulfide) groups is 1. The molecule has 0 spiro atoms. The van der Waals surface area contributed by atoms with E-state index in [0.29, 0.717) is 0 Å². The molecule has 0 radical (unpaired) electrons. The molecule has 3 heterocycles. The van der Waals surface area contributed by atoms with Gasteiger partial charge < -0.3 is 9.88 Å². The highest BCUT2D eigenvalue weighted by molar-refractivity contribution is 8.08. The number of rotatable bonds is 6. The van der Waals surface area contributed by atoms with Crippen LogP contribution in [0.25, 0.3) is 74.8 Å². The molecule has 71 heavy (non-hydrogen) atoms. The molecule has 0 bridgehead atoms. The van der Waals surface area contributed by atoms with E-state index in [1.165, 1.54) is 132 Å². The molecule has 8 aromatic carbocycles. The molecular weight excluding hydrogens is 896 g/mol. The average Bonchev–Trinajstić information content (AvgIpc) is 3.94. The second kappa shape index (κ2) is 15.4. The van der Waals surface area contributed by atoms with Crippen molar-refractivity contribution in [1.29, 1.82) is 0 Å². The van der Waals surface area contributed by atoms with E-state index in [2.05, 4.69) is 225 Å². The van der Waals surface area contributed by atoms with Crippen LogP contribution >= 0.6 is 23.1 Å². The van der Waals surface area contributed by atoms with Gasteiger partial charge in [-0.1, -0.05) is 171 Å². The zero-order valence-corrected chi connectivity index (χ0v) is 44.5. The van der Waals surface area contributed by atoms with Crippen LogP contribution in [0.5, 0.6) is 0 Å². The molecular formula is C66H61BN2S2. The molecule has 2 aliphatic carbocycles. The van der Waals surface area contributed by atoms with Gasteiger partial charge in [-0.05, 0) is 152 Å². The molecule has 1 aliphatic heterocycles. The summed E-state index contributed by atoms with van der Waals surface area (Å²) >= 11 is 3.69. The van der Waals surface area contributed by atoms with Crippen LogP contribution < -0.4 is 16.2 Å². The molecule has 0 saturated carbocycles. The summed E-state index contributed by atoms with van der Waals surface area (Å²) in [4.78, 5) is 2.30. The highest BCUT2D eigenvalue weighted by Crippen LogP contribution is 2.56. The van der Waals surface area contributed by atoms with Crippen molar-refractivity contribution < 1.29 is 0 Å². The van der Waals surface area contributed by atoms with Crippen molar-refractivity contribution >= 4 is 99.6 Å². The van der Waals surface area contributed by atoms with E-state index in [9.17, 15) is 0 Å². The topological polar surface area (TPSA) is 17.0 Å². The van der Waals surface area contributed by atoms with E-state index in [-0.39, 0.29) is 21.7 Å². The second-order valence-corrected chi connectivity index (χ2v) is 26.1. The molecule has 0 unspecified atom stereocenters. The predicted octanol–water partition coefficient (Wildman–Crippen LogP) is 17.3. The summed E-state index contributed by atoms with van der Waals surface area (Å²) in [5.74, 6) is 0. The molecule has 2 aromatic heterocycles. The van der Waals surface area contributed by atoms with Gasteiger partial charge in [0.25, 0.3) is 0 Å². The molecule has 0 amide bonds. The van der Waals surface area contributed by atoms with Crippen LogP contribution in [-0.4, -0.2) is 11.8 Å². The fraction of sp³-hybridized carbons (Fsp3) is 0.242. The summed E-state index contributed by atoms with van der Waals surface area (Å²) in [7, 11) is 0.830. The molecule has 350 valence electrons. The Morgan fingerprint density at radius 3 is 2.07 bits per heavy atom. The quantitative estimate of drug-likeness (QED) is 0.132. The number of anilines is 2. The summed E-state index contributed by atoms with van der Waals surface area (Å²) in [5, 5.41) is 9.34. The van der Waals surface area contributed by atoms with Crippen molar-refractivity contribution in [3.63, 3.8) is 0 Å². The minimum absolute atomic E-state index is 0.0675. The third kappa shape index (κ3) is 6.82. The molecule has 10 aromatic rings. The van der Waals surface area contributed by atoms with Gasteiger partial charge in [0, 0.05) is 74.3 Å². The lowest BCUT2D eigenvalue weighted by atomic mass is 9.58. The van der Waals surface area contributed by atoms with Crippen LogP contribution in [0.15, 0.2) is 151 Å². The molecule has 3 aliphatic rings. The monoisotopic (exact) mass is 956 g/mol. The first-order valence-electron chi connectivity index (χ1n) is 25.6. The molecule has 5 heteroatoms. The lowest BCUT2D eigenvalue weighted by Gasteiger charge is -2.42. The number of nitrogens with zero attached hydrogens (tertiary/aromatic N) is 1. The van der Waals surface area contributed by atoms with Gasteiger partial charge in [-0.2, -0.15) is 0 Å². The predicted molar refractivity (Wildman–Crippen MR) is 313 cm³/mol. The molecule has 1 N–H and O–H groups in total. The Labute approximate surface area is 428 Å². The fourth-order valence-electron chi connectivity index (χ4n) is 12.6. The first kappa shape index (κ1) is 44.7. The fourth-order valence-corrected chi connectivity index (χ4v) is 14.7. The Balaban J connectivity index is 1.07. The van der Waals surface area contributed by atoms with Crippen LogP contribution in [0.3, 0.4) is 0 Å². The Bertz CT molecular complexity index is 3930. The Hall–Kier alpha value is -6.27. The Kier molecular flexibility index (Phi) is 9.67. The van der Waals surface area contributed by atoms with E-state index in [1.807, 2.05) is 11.3 Å². The largest absolute Gasteiger partial charge is 0.355 e. The highest BCUT2D eigenvalue weighted by atomic mass is 32.2. The third-order valence-corrected chi connectivity index (χ3v) is 19.2. The van der Waals surface area contributed by atoms with E-state index in [4.69, 9.17) is 0 Å². The van der Waals surface area contributed by atoms with Crippen LogP contribution in [0.1, 0.15) is 114 Å². The normalized spacial score (nSPS) is 15.9. The van der Waals surface area contributed by atoms with Crippen LogP contribution in [-0.2, 0) is 21.7 Å². The maximum absolute atomic E-state index is 4.57. The highest BCUT2D eigenvalue weighted by Gasteiger charge is 2.43.